The van der Waals surface area contributed by atoms with Gasteiger partial charge in [0, 0.05) is 22.1 Å². The van der Waals surface area contributed by atoms with Gasteiger partial charge >= 0.3 is 6.18 Å². The fraction of sp³-hybridized carbons (Fsp3) is 0.235. The van der Waals surface area contributed by atoms with Crippen LogP contribution in [0, 0.1) is 0 Å². The van der Waals surface area contributed by atoms with Crippen LogP contribution in [0.3, 0.4) is 0 Å². The smallest absolute Gasteiger partial charge is 0.422 e. The van der Waals surface area contributed by atoms with E-state index in [0.29, 0.717) is 5.02 Å². The number of halogens is 4. The van der Waals surface area contributed by atoms with Crippen LogP contribution in [0.5, 0.6) is 5.75 Å². The number of alkyl halides is 3. The number of nitrogens with zero attached hydrogens (tertiary/aromatic N) is 2. The molecule has 0 aliphatic carbocycles. The van der Waals surface area contributed by atoms with Gasteiger partial charge in [0.15, 0.2) is 6.61 Å². The van der Waals surface area contributed by atoms with E-state index in [1.165, 1.54) is 12.3 Å². The molecular weight excluding hydrogens is 341 g/mol. The lowest BCUT2D eigenvalue weighted by molar-refractivity contribution is -0.153. The Morgan fingerprint density at radius 1 is 1.21 bits per heavy atom. The Morgan fingerprint density at radius 2 is 2.00 bits per heavy atom. The van der Waals surface area contributed by atoms with Crippen LogP contribution in [0.25, 0.3) is 10.9 Å². The van der Waals surface area contributed by atoms with Crippen LogP contribution in [-0.4, -0.2) is 22.3 Å². The van der Waals surface area contributed by atoms with E-state index >= 15 is 0 Å². The molecule has 0 N–H and O–H groups in total. The van der Waals surface area contributed by atoms with Gasteiger partial charge < -0.3 is 9.30 Å². The standard InChI is InChI=1S/C17H14ClF3N2O/c1-11(23-7-6-12-8-13(18)2-5-16(12)23)15-4-3-14(9-22-15)24-10-17(19,20)21/h2-9,11H,10H2,1H3/t11-/m1/s1. The van der Waals surface area contributed by atoms with Gasteiger partial charge in [0.2, 0.25) is 0 Å². The molecule has 3 rings (SSSR count). The molecule has 0 spiro atoms. The van der Waals surface area contributed by atoms with E-state index in [-0.39, 0.29) is 11.8 Å². The second kappa shape index (κ2) is 6.36. The summed E-state index contributed by atoms with van der Waals surface area (Å²) in [6, 6.07) is 10.6. The topological polar surface area (TPSA) is 27.1 Å². The molecular formula is C17H14ClF3N2O. The van der Waals surface area contributed by atoms with E-state index in [0.717, 1.165) is 16.6 Å². The van der Waals surface area contributed by atoms with Crippen LogP contribution in [0.15, 0.2) is 48.8 Å². The van der Waals surface area contributed by atoms with Gasteiger partial charge in [0.25, 0.3) is 0 Å². The molecule has 0 bridgehead atoms. The van der Waals surface area contributed by atoms with Crippen molar-refractivity contribution in [3.8, 4) is 5.75 Å². The Hall–Kier alpha value is -2.21. The quantitative estimate of drug-likeness (QED) is 0.640. The van der Waals surface area contributed by atoms with Crippen LogP contribution < -0.4 is 4.74 Å². The molecule has 0 saturated heterocycles. The van der Waals surface area contributed by atoms with Gasteiger partial charge in [0.1, 0.15) is 5.75 Å². The molecule has 3 aromatic rings. The summed E-state index contributed by atoms with van der Waals surface area (Å²) in [7, 11) is 0. The second-order valence-corrected chi connectivity index (χ2v) is 5.86. The van der Waals surface area contributed by atoms with Gasteiger partial charge in [0.05, 0.1) is 17.9 Å². The van der Waals surface area contributed by atoms with Crippen LogP contribution >= 0.6 is 11.6 Å². The number of aromatic nitrogens is 2. The predicted molar refractivity (Wildman–Crippen MR) is 86.5 cm³/mol. The van der Waals surface area contributed by atoms with Gasteiger partial charge in [-0.2, -0.15) is 13.2 Å². The number of ether oxygens (including phenoxy) is 1. The first-order chi connectivity index (χ1) is 11.3. The van der Waals surface area contributed by atoms with Crippen molar-refractivity contribution in [3.05, 3.63) is 59.5 Å². The van der Waals surface area contributed by atoms with Gasteiger partial charge in [-0.15, -0.1) is 0 Å². The third kappa shape index (κ3) is 3.64. The molecule has 7 heteroatoms. The molecule has 0 saturated carbocycles. The van der Waals surface area contributed by atoms with Crippen molar-refractivity contribution in [2.45, 2.75) is 19.1 Å². The van der Waals surface area contributed by atoms with Gasteiger partial charge in [-0.25, -0.2) is 0 Å². The summed E-state index contributed by atoms with van der Waals surface area (Å²) in [5, 5.41) is 1.68. The third-order valence-corrected chi connectivity index (χ3v) is 3.92. The zero-order valence-corrected chi connectivity index (χ0v) is 13.5. The molecule has 0 amide bonds. The lowest BCUT2D eigenvalue weighted by atomic mass is 10.2. The van der Waals surface area contributed by atoms with Crippen molar-refractivity contribution in [1.82, 2.24) is 9.55 Å². The number of fused-ring (bicyclic) bond motifs is 1. The Kier molecular flexibility index (Phi) is 4.41. The van der Waals surface area contributed by atoms with E-state index in [9.17, 15) is 13.2 Å². The first-order valence-electron chi connectivity index (χ1n) is 7.25. The maximum atomic E-state index is 12.2. The summed E-state index contributed by atoms with van der Waals surface area (Å²) < 4.78 is 43.2. The molecule has 126 valence electrons. The summed E-state index contributed by atoms with van der Waals surface area (Å²) in [5.74, 6) is 0.0902. The molecule has 2 aromatic heterocycles. The first kappa shape index (κ1) is 16.6. The van der Waals surface area contributed by atoms with Crippen molar-refractivity contribution in [3.63, 3.8) is 0 Å². The highest BCUT2D eigenvalue weighted by atomic mass is 35.5. The number of benzene rings is 1. The van der Waals surface area contributed by atoms with Crippen LogP contribution in [0.1, 0.15) is 18.7 Å². The Balaban J connectivity index is 1.80. The summed E-state index contributed by atoms with van der Waals surface area (Å²) >= 11 is 5.99. The number of pyridine rings is 1. The first-order valence-corrected chi connectivity index (χ1v) is 7.63. The van der Waals surface area contributed by atoms with E-state index in [4.69, 9.17) is 11.6 Å². The summed E-state index contributed by atoms with van der Waals surface area (Å²) in [6.45, 7) is 0.638. The Morgan fingerprint density at radius 3 is 2.67 bits per heavy atom. The molecule has 0 fully saturated rings. The molecule has 2 heterocycles. The molecule has 3 nitrogen and oxygen atoms in total. The minimum absolute atomic E-state index is 0.0830. The zero-order valence-electron chi connectivity index (χ0n) is 12.7. The minimum atomic E-state index is -4.36. The maximum absolute atomic E-state index is 12.2. The summed E-state index contributed by atoms with van der Waals surface area (Å²) in [4.78, 5) is 4.22. The molecule has 24 heavy (non-hydrogen) atoms. The van der Waals surface area contributed by atoms with Crippen molar-refractivity contribution < 1.29 is 17.9 Å². The van der Waals surface area contributed by atoms with Crippen molar-refractivity contribution >= 4 is 22.5 Å². The highest BCUT2D eigenvalue weighted by Gasteiger charge is 2.28. The lowest BCUT2D eigenvalue weighted by Gasteiger charge is -2.16. The average Bonchev–Trinajstić information content (AvgIpc) is 2.95. The molecule has 0 aliphatic heterocycles. The fourth-order valence-corrected chi connectivity index (χ4v) is 2.69. The number of hydrogen-bond donors (Lipinski definition) is 0. The maximum Gasteiger partial charge on any atom is 0.422 e. The van der Waals surface area contributed by atoms with E-state index < -0.39 is 12.8 Å². The van der Waals surface area contributed by atoms with Crippen molar-refractivity contribution in [1.29, 1.82) is 0 Å². The molecule has 0 unspecified atom stereocenters. The largest absolute Gasteiger partial charge is 0.483 e. The third-order valence-electron chi connectivity index (χ3n) is 3.69. The van der Waals surface area contributed by atoms with E-state index in [2.05, 4.69) is 9.72 Å². The summed E-state index contributed by atoms with van der Waals surface area (Å²) in [5.41, 5.74) is 1.73. The van der Waals surface area contributed by atoms with Gasteiger partial charge in [-0.3, -0.25) is 4.98 Å². The van der Waals surface area contributed by atoms with Crippen molar-refractivity contribution in [2.24, 2.45) is 0 Å². The number of rotatable bonds is 4. The molecule has 1 atom stereocenters. The normalized spacial score (nSPS) is 13.2. The van der Waals surface area contributed by atoms with Gasteiger partial charge in [-0.05, 0) is 43.3 Å². The van der Waals surface area contributed by atoms with E-state index in [1.54, 1.807) is 6.07 Å². The Labute approximate surface area is 141 Å². The zero-order chi connectivity index (χ0) is 17.3. The highest BCUT2D eigenvalue weighted by molar-refractivity contribution is 6.31. The van der Waals surface area contributed by atoms with Crippen LogP contribution in [-0.2, 0) is 0 Å². The molecule has 0 radical (unpaired) electrons. The summed E-state index contributed by atoms with van der Waals surface area (Å²) in [6.07, 6.45) is -1.13. The SMILES string of the molecule is C[C@H](c1ccc(OCC(F)(F)F)cn1)n1ccc2cc(Cl)ccc21. The molecule has 0 aliphatic rings. The number of hydrogen-bond acceptors (Lipinski definition) is 2. The van der Waals surface area contributed by atoms with E-state index in [1.807, 2.05) is 42.0 Å². The predicted octanol–water partition coefficient (Wildman–Crippen LogP) is 5.24. The van der Waals surface area contributed by atoms with Crippen molar-refractivity contribution in [2.75, 3.05) is 6.61 Å². The monoisotopic (exact) mass is 354 g/mol. The lowest BCUT2D eigenvalue weighted by Crippen LogP contribution is -2.19. The minimum Gasteiger partial charge on any atom is -0.483 e. The highest BCUT2D eigenvalue weighted by Crippen LogP contribution is 2.27. The molecule has 1 aromatic carbocycles. The fourth-order valence-electron chi connectivity index (χ4n) is 2.50. The average molecular weight is 355 g/mol. The second-order valence-electron chi connectivity index (χ2n) is 5.42. The van der Waals surface area contributed by atoms with Crippen LogP contribution in [0.4, 0.5) is 13.2 Å². The Bertz CT molecular complexity index is 843. The van der Waals surface area contributed by atoms with Gasteiger partial charge in [-0.1, -0.05) is 11.6 Å². The van der Waals surface area contributed by atoms with Crippen LogP contribution in [0.2, 0.25) is 5.02 Å².